The standard InChI is InChI=1S/C27H23ClN2O5S/c1-2-34-21-13-11-20(12-14-21)29-25(31)16-30-26(32)24(36-27(30)33)15-18-7-4-6-10-23(18)35-17-19-8-3-5-9-22(19)28/h3-15H,2,16-17H2,1H3,(H,29,31)/b24-15+. The Bertz CT molecular complexity index is 1310. The van der Waals surface area contributed by atoms with E-state index < -0.39 is 17.1 Å². The van der Waals surface area contributed by atoms with E-state index >= 15 is 0 Å². The highest BCUT2D eigenvalue weighted by Gasteiger charge is 2.36. The third kappa shape index (κ3) is 6.27. The molecule has 0 saturated carbocycles. The molecular weight excluding hydrogens is 500 g/mol. The van der Waals surface area contributed by atoms with Gasteiger partial charge in [-0.25, -0.2) is 0 Å². The monoisotopic (exact) mass is 522 g/mol. The Kier molecular flexibility index (Phi) is 8.30. The molecule has 1 fully saturated rings. The number of hydrogen-bond donors (Lipinski definition) is 1. The number of halogens is 1. The minimum absolute atomic E-state index is 0.211. The number of carbonyl (C=O) groups excluding carboxylic acids is 3. The topological polar surface area (TPSA) is 84.9 Å². The third-order valence-electron chi connectivity index (χ3n) is 5.17. The summed E-state index contributed by atoms with van der Waals surface area (Å²) in [6, 6.07) is 21.4. The number of benzene rings is 3. The number of nitrogens with zero attached hydrogens (tertiary/aromatic N) is 1. The number of imide groups is 1. The zero-order valence-corrected chi connectivity index (χ0v) is 21.0. The molecule has 0 atom stereocenters. The van der Waals surface area contributed by atoms with Crippen molar-refractivity contribution in [1.29, 1.82) is 0 Å². The minimum Gasteiger partial charge on any atom is -0.494 e. The average molecular weight is 523 g/mol. The van der Waals surface area contributed by atoms with E-state index in [1.54, 1.807) is 48.5 Å². The summed E-state index contributed by atoms with van der Waals surface area (Å²) < 4.78 is 11.3. The molecule has 3 aromatic carbocycles. The molecule has 0 aliphatic carbocycles. The highest BCUT2D eigenvalue weighted by atomic mass is 35.5. The van der Waals surface area contributed by atoms with Gasteiger partial charge in [0, 0.05) is 21.8 Å². The Morgan fingerprint density at radius 3 is 2.47 bits per heavy atom. The molecule has 1 aliphatic rings. The van der Waals surface area contributed by atoms with Crippen molar-refractivity contribution in [3.8, 4) is 11.5 Å². The maximum Gasteiger partial charge on any atom is 0.294 e. The Morgan fingerprint density at radius 2 is 1.72 bits per heavy atom. The van der Waals surface area contributed by atoms with Gasteiger partial charge in [0.15, 0.2) is 0 Å². The van der Waals surface area contributed by atoms with E-state index in [0.29, 0.717) is 34.4 Å². The molecule has 1 saturated heterocycles. The highest BCUT2D eigenvalue weighted by Crippen LogP contribution is 2.34. The fourth-order valence-electron chi connectivity index (χ4n) is 3.42. The number of thioether (sulfide) groups is 1. The molecule has 0 unspecified atom stereocenters. The summed E-state index contributed by atoms with van der Waals surface area (Å²) in [6.07, 6.45) is 1.59. The van der Waals surface area contributed by atoms with E-state index in [4.69, 9.17) is 21.1 Å². The van der Waals surface area contributed by atoms with Crippen LogP contribution >= 0.6 is 23.4 Å². The predicted molar refractivity (Wildman–Crippen MR) is 141 cm³/mol. The van der Waals surface area contributed by atoms with Crippen LogP contribution in [-0.4, -0.2) is 35.1 Å². The molecule has 9 heteroatoms. The van der Waals surface area contributed by atoms with Crippen LogP contribution in [0.4, 0.5) is 10.5 Å². The molecule has 184 valence electrons. The van der Waals surface area contributed by atoms with Gasteiger partial charge < -0.3 is 14.8 Å². The van der Waals surface area contributed by atoms with Crippen molar-refractivity contribution >= 4 is 52.2 Å². The number of hydrogen-bond acceptors (Lipinski definition) is 6. The lowest BCUT2D eigenvalue weighted by Gasteiger charge is -2.13. The number of para-hydroxylation sites is 1. The summed E-state index contributed by atoms with van der Waals surface area (Å²) in [5.41, 5.74) is 2.00. The normalized spacial score (nSPS) is 14.3. The molecule has 0 bridgehead atoms. The van der Waals surface area contributed by atoms with Gasteiger partial charge in [-0.3, -0.25) is 19.3 Å². The van der Waals surface area contributed by atoms with E-state index in [0.717, 1.165) is 22.2 Å². The second-order valence-electron chi connectivity index (χ2n) is 7.69. The summed E-state index contributed by atoms with van der Waals surface area (Å²) in [7, 11) is 0. The van der Waals surface area contributed by atoms with E-state index in [-0.39, 0.29) is 18.1 Å². The number of carbonyl (C=O) groups is 3. The van der Waals surface area contributed by atoms with E-state index in [1.807, 2.05) is 37.3 Å². The quantitative estimate of drug-likeness (QED) is 0.347. The van der Waals surface area contributed by atoms with Gasteiger partial charge in [0.1, 0.15) is 24.7 Å². The Balaban J connectivity index is 1.42. The van der Waals surface area contributed by atoms with Crippen molar-refractivity contribution in [3.05, 3.63) is 93.9 Å². The zero-order valence-electron chi connectivity index (χ0n) is 19.4. The summed E-state index contributed by atoms with van der Waals surface area (Å²) in [6.45, 7) is 2.28. The highest BCUT2D eigenvalue weighted by molar-refractivity contribution is 8.18. The van der Waals surface area contributed by atoms with Gasteiger partial charge in [0.25, 0.3) is 11.1 Å². The first-order valence-electron chi connectivity index (χ1n) is 11.2. The van der Waals surface area contributed by atoms with Crippen LogP contribution in [0.5, 0.6) is 11.5 Å². The van der Waals surface area contributed by atoms with Crippen LogP contribution in [-0.2, 0) is 16.2 Å². The summed E-state index contributed by atoms with van der Waals surface area (Å²) in [4.78, 5) is 39.1. The van der Waals surface area contributed by atoms with E-state index in [1.165, 1.54) is 0 Å². The molecule has 0 spiro atoms. The molecule has 1 N–H and O–H groups in total. The fourth-order valence-corrected chi connectivity index (χ4v) is 4.44. The van der Waals surface area contributed by atoms with Crippen LogP contribution in [0.2, 0.25) is 5.02 Å². The maximum atomic E-state index is 12.9. The molecular formula is C27H23ClN2O5S. The van der Waals surface area contributed by atoms with Crippen molar-refractivity contribution in [2.75, 3.05) is 18.5 Å². The van der Waals surface area contributed by atoms with Gasteiger partial charge >= 0.3 is 0 Å². The molecule has 1 aliphatic heterocycles. The van der Waals surface area contributed by atoms with Crippen LogP contribution in [0.3, 0.4) is 0 Å². The Hall–Kier alpha value is -3.75. The second-order valence-corrected chi connectivity index (χ2v) is 9.09. The summed E-state index contributed by atoms with van der Waals surface area (Å²) >= 11 is 6.99. The lowest BCUT2D eigenvalue weighted by molar-refractivity contribution is -0.127. The predicted octanol–water partition coefficient (Wildman–Crippen LogP) is 5.99. The Morgan fingerprint density at radius 1 is 1.00 bits per heavy atom. The first kappa shape index (κ1) is 25.3. The fraction of sp³-hybridized carbons (Fsp3) is 0.148. The van der Waals surface area contributed by atoms with Gasteiger partial charge in [-0.1, -0.05) is 48.0 Å². The molecule has 36 heavy (non-hydrogen) atoms. The number of nitrogens with one attached hydrogen (secondary N) is 1. The van der Waals surface area contributed by atoms with Crippen LogP contribution in [0.25, 0.3) is 6.08 Å². The van der Waals surface area contributed by atoms with Gasteiger partial charge in [0.05, 0.1) is 11.5 Å². The first-order chi connectivity index (χ1) is 17.4. The molecule has 0 radical (unpaired) electrons. The van der Waals surface area contributed by atoms with Crippen molar-refractivity contribution in [2.45, 2.75) is 13.5 Å². The smallest absolute Gasteiger partial charge is 0.294 e. The van der Waals surface area contributed by atoms with E-state index in [2.05, 4.69) is 5.32 Å². The molecule has 3 aromatic rings. The molecule has 7 nitrogen and oxygen atoms in total. The maximum absolute atomic E-state index is 12.9. The second kappa shape index (κ2) is 11.8. The van der Waals surface area contributed by atoms with Gasteiger partial charge in [-0.2, -0.15) is 0 Å². The Labute approximate surface area is 218 Å². The van der Waals surface area contributed by atoms with Crippen LogP contribution in [0.1, 0.15) is 18.1 Å². The zero-order chi connectivity index (χ0) is 25.5. The number of amides is 3. The molecule has 1 heterocycles. The number of ether oxygens (including phenoxy) is 2. The van der Waals surface area contributed by atoms with Crippen molar-refractivity contribution in [1.82, 2.24) is 4.90 Å². The summed E-state index contributed by atoms with van der Waals surface area (Å²) in [5.74, 6) is 0.207. The van der Waals surface area contributed by atoms with Crippen molar-refractivity contribution in [2.24, 2.45) is 0 Å². The average Bonchev–Trinajstić information content (AvgIpc) is 3.13. The third-order valence-corrected chi connectivity index (χ3v) is 6.45. The lowest BCUT2D eigenvalue weighted by Crippen LogP contribution is -2.36. The number of anilines is 1. The molecule has 0 aromatic heterocycles. The molecule has 4 rings (SSSR count). The first-order valence-corrected chi connectivity index (χ1v) is 12.4. The van der Waals surface area contributed by atoms with Crippen LogP contribution < -0.4 is 14.8 Å². The summed E-state index contributed by atoms with van der Waals surface area (Å²) in [5, 5.41) is 2.77. The van der Waals surface area contributed by atoms with Gasteiger partial charge in [-0.05, 0) is 61.2 Å². The number of rotatable bonds is 9. The largest absolute Gasteiger partial charge is 0.494 e. The lowest BCUT2D eigenvalue weighted by atomic mass is 10.1. The van der Waals surface area contributed by atoms with Crippen LogP contribution in [0.15, 0.2) is 77.7 Å². The van der Waals surface area contributed by atoms with Crippen molar-refractivity contribution in [3.63, 3.8) is 0 Å². The van der Waals surface area contributed by atoms with Crippen molar-refractivity contribution < 1.29 is 23.9 Å². The van der Waals surface area contributed by atoms with Gasteiger partial charge in [-0.15, -0.1) is 0 Å². The van der Waals surface area contributed by atoms with E-state index in [9.17, 15) is 14.4 Å². The van der Waals surface area contributed by atoms with Crippen LogP contribution in [0, 0.1) is 0 Å². The van der Waals surface area contributed by atoms with Gasteiger partial charge in [0.2, 0.25) is 5.91 Å². The molecule has 3 amide bonds. The SMILES string of the molecule is CCOc1ccc(NC(=O)CN2C(=O)S/C(=C/c3ccccc3OCc3ccccc3Cl)C2=O)cc1. The minimum atomic E-state index is -0.534.